The van der Waals surface area contributed by atoms with Crippen molar-refractivity contribution in [2.45, 2.75) is 98.1 Å². The standard InChI is InChI=1S/C35H50N6O5.ClH/c1-20-14-25(42)15-21(2)27(20)18-29(36)33(44)38-12-8-6-10-31-24(5)40-32(35(46)41-31)11-7-9-13-39-34(45)30(37)19-28-22(3)16-26(43)17-23(28)4;/h14-17,29-30,42-43H,6-13,18-19,36-37H2,1-5H3,(H,38,44)(H,39,45)(H,41,46);1H. The summed E-state index contributed by atoms with van der Waals surface area (Å²) in [6.45, 7) is 10.4. The third-order valence-corrected chi connectivity index (χ3v) is 8.44. The van der Waals surface area contributed by atoms with Crippen LogP contribution in [0.25, 0.3) is 0 Å². The molecule has 1 aromatic heterocycles. The van der Waals surface area contributed by atoms with E-state index in [2.05, 4.69) is 20.6 Å². The van der Waals surface area contributed by atoms with E-state index in [4.69, 9.17) is 11.5 Å². The molecule has 258 valence electrons. The molecule has 0 spiro atoms. The summed E-state index contributed by atoms with van der Waals surface area (Å²) in [7, 11) is 0. The molecule has 0 saturated carbocycles. The zero-order valence-corrected chi connectivity index (χ0v) is 29.0. The lowest BCUT2D eigenvalue weighted by atomic mass is 9.96. The number of nitrogens with zero attached hydrogens (tertiary/aromatic N) is 1. The highest BCUT2D eigenvalue weighted by molar-refractivity contribution is 5.85. The zero-order valence-electron chi connectivity index (χ0n) is 28.2. The van der Waals surface area contributed by atoms with Gasteiger partial charge in [0, 0.05) is 18.8 Å². The summed E-state index contributed by atoms with van der Waals surface area (Å²) in [4.78, 5) is 45.2. The average Bonchev–Trinajstić information content (AvgIpc) is 2.97. The van der Waals surface area contributed by atoms with Crippen LogP contribution in [0.1, 0.15) is 76.1 Å². The molecule has 0 fully saturated rings. The van der Waals surface area contributed by atoms with Gasteiger partial charge in [-0.3, -0.25) is 19.4 Å². The molecule has 12 heteroatoms. The Morgan fingerprint density at radius 3 is 1.57 bits per heavy atom. The number of H-pyrrole nitrogens is 1. The van der Waals surface area contributed by atoms with Gasteiger partial charge in [-0.1, -0.05) is 0 Å². The number of hydrogen-bond acceptors (Lipinski definition) is 8. The molecule has 2 aromatic carbocycles. The van der Waals surface area contributed by atoms with Crippen LogP contribution in [0.5, 0.6) is 11.5 Å². The number of aromatic nitrogens is 2. The predicted molar refractivity (Wildman–Crippen MR) is 187 cm³/mol. The highest BCUT2D eigenvalue weighted by atomic mass is 35.5. The number of aromatic hydroxyl groups is 2. The van der Waals surface area contributed by atoms with Gasteiger partial charge in [-0.25, -0.2) is 0 Å². The summed E-state index contributed by atoms with van der Waals surface area (Å²) in [6.07, 6.45) is 4.78. The van der Waals surface area contributed by atoms with Gasteiger partial charge in [0.05, 0.1) is 17.8 Å². The third kappa shape index (κ3) is 11.7. The number of nitrogens with two attached hydrogens (primary N) is 2. The highest BCUT2D eigenvalue weighted by Gasteiger charge is 2.18. The van der Waals surface area contributed by atoms with Crippen LogP contribution in [-0.2, 0) is 35.3 Å². The van der Waals surface area contributed by atoms with Gasteiger partial charge >= 0.3 is 0 Å². The molecule has 3 rings (SSSR count). The number of benzene rings is 2. The van der Waals surface area contributed by atoms with Crippen molar-refractivity contribution < 1.29 is 19.8 Å². The van der Waals surface area contributed by atoms with Crippen molar-refractivity contribution in [2.24, 2.45) is 11.5 Å². The predicted octanol–water partition coefficient (Wildman–Crippen LogP) is 3.16. The third-order valence-electron chi connectivity index (χ3n) is 8.44. The molecule has 0 aliphatic heterocycles. The Morgan fingerprint density at radius 2 is 1.15 bits per heavy atom. The first kappa shape index (κ1) is 39.2. The van der Waals surface area contributed by atoms with E-state index in [-0.39, 0.29) is 41.3 Å². The van der Waals surface area contributed by atoms with Crippen LogP contribution in [0.3, 0.4) is 0 Å². The van der Waals surface area contributed by atoms with E-state index in [0.717, 1.165) is 57.6 Å². The molecule has 0 aliphatic rings. The summed E-state index contributed by atoms with van der Waals surface area (Å²) in [6, 6.07) is 5.30. The maximum Gasteiger partial charge on any atom is 0.269 e. The maximum atomic E-state index is 12.7. The number of nitrogens with one attached hydrogen (secondary N) is 3. The number of halogens is 1. The number of aromatic amines is 1. The molecule has 0 aliphatic carbocycles. The number of hydrogen-bond donors (Lipinski definition) is 7. The molecule has 0 radical (unpaired) electrons. The number of phenols is 2. The smallest absolute Gasteiger partial charge is 0.269 e. The maximum absolute atomic E-state index is 12.7. The molecule has 1 heterocycles. The van der Waals surface area contributed by atoms with Crippen molar-refractivity contribution in [3.63, 3.8) is 0 Å². The molecule has 2 amide bonds. The van der Waals surface area contributed by atoms with Crippen LogP contribution in [-0.4, -0.2) is 57.2 Å². The van der Waals surface area contributed by atoms with Gasteiger partial charge in [0.1, 0.15) is 17.2 Å². The van der Waals surface area contributed by atoms with E-state index < -0.39 is 12.1 Å². The molecular weight excluding hydrogens is 620 g/mol. The summed E-state index contributed by atoms with van der Waals surface area (Å²) in [5, 5.41) is 25.2. The van der Waals surface area contributed by atoms with Crippen LogP contribution < -0.4 is 27.7 Å². The quantitative estimate of drug-likeness (QED) is 0.113. The van der Waals surface area contributed by atoms with E-state index in [1.165, 1.54) is 0 Å². The minimum atomic E-state index is -0.694. The normalized spacial score (nSPS) is 12.2. The fraction of sp³-hybridized carbons (Fsp3) is 0.486. The number of aryl methyl sites for hydroxylation is 7. The average molecular weight is 671 g/mol. The molecule has 9 N–H and O–H groups in total. The molecule has 2 atom stereocenters. The van der Waals surface area contributed by atoms with E-state index in [1.54, 1.807) is 24.3 Å². The van der Waals surface area contributed by atoms with Crippen molar-refractivity contribution >= 4 is 24.2 Å². The van der Waals surface area contributed by atoms with Gasteiger partial charge in [-0.05, 0) is 144 Å². The largest absolute Gasteiger partial charge is 0.508 e. The van der Waals surface area contributed by atoms with Crippen LogP contribution in [0.2, 0.25) is 0 Å². The minimum absolute atomic E-state index is 0. The Balaban J connectivity index is 0.00000768. The Bertz CT molecular complexity index is 1550. The summed E-state index contributed by atoms with van der Waals surface area (Å²) in [5.41, 5.74) is 19.7. The van der Waals surface area contributed by atoms with Gasteiger partial charge in [-0.15, -0.1) is 12.4 Å². The summed E-state index contributed by atoms with van der Waals surface area (Å²) < 4.78 is 0. The second-order valence-corrected chi connectivity index (χ2v) is 12.3. The summed E-state index contributed by atoms with van der Waals surface area (Å²) in [5.74, 6) is -0.0520. The fourth-order valence-electron chi connectivity index (χ4n) is 5.77. The van der Waals surface area contributed by atoms with Crippen molar-refractivity contribution in [3.8, 4) is 11.5 Å². The number of unbranched alkanes of at least 4 members (excludes halogenated alkanes) is 2. The topological polar surface area (TPSA) is 196 Å². The van der Waals surface area contributed by atoms with Gasteiger partial charge in [-0.2, -0.15) is 0 Å². The molecule has 11 nitrogen and oxygen atoms in total. The van der Waals surface area contributed by atoms with Crippen molar-refractivity contribution in [1.29, 1.82) is 0 Å². The lowest BCUT2D eigenvalue weighted by molar-refractivity contribution is -0.123. The first-order valence-corrected chi connectivity index (χ1v) is 16.0. The number of carbonyl (C=O) groups is 2. The Hall–Kier alpha value is -3.93. The lowest BCUT2D eigenvalue weighted by Crippen LogP contribution is -2.42. The number of phenolic OH excluding ortho intramolecular Hbond substituents is 2. The van der Waals surface area contributed by atoms with E-state index >= 15 is 0 Å². The molecule has 0 bridgehead atoms. The van der Waals surface area contributed by atoms with Crippen molar-refractivity contribution in [2.75, 3.05) is 13.1 Å². The first-order chi connectivity index (χ1) is 21.8. The summed E-state index contributed by atoms with van der Waals surface area (Å²) >= 11 is 0. The Labute approximate surface area is 283 Å². The Kier molecular flexibility index (Phi) is 15.4. The molecule has 3 aromatic rings. The van der Waals surface area contributed by atoms with Gasteiger partial charge in [0.25, 0.3) is 5.56 Å². The molecule has 2 unspecified atom stereocenters. The number of amides is 2. The number of carbonyl (C=O) groups excluding carboxylic acids is 2. The van der Waals surface area contributed by atoms with E-state index in [1.807, 2.05) is 34.6 Å². The number of rotatable bonds is 16. The second kappa shape index (κ2) is 18.4. The lowest BCUT2D eigenvalue weighted by Gasteiger charge is -2.16. The first-order valence-electron chi connectivity index (χ1n) is 16.0. The fourth-order valence-corrected chi connectivity index (χ4v) is 5.77. The van der Waals surface area contributed by atoms with Gasteiger partial charge < -0.3 is 37.3 Å². The van der Waals surface area contributed by atoms with E-state index in [9.17, 15) is 24.6 Å². The minimum Gasteiger partial charge on any atom is -0.508 e. The molecule has 0 saturated heterocycles. The van der Waals surface area contributed by atoms with Crippen LogP contribution in [0.15, 0.2) is 29.1 Å². The van der Waals surface area contributed by atoms with E-state index in [0.29, 0.717) is 57.3 Å². The Morgan fingerprint density at radius 1 is 0.745 bits per heavy atom. The SMILES string of the molecule is Cc1cc(O)cc(C)c1CC(N)C(=O)NCCCCc1[nH]c(=O)c(CCCCNC(=O)C(N)Cc2c(C)cc(O)cc2C)nc1C.Cl. The molecular formula is C35H51ClN6O5. The van der Waals surface area contributed by atoms with Gasteiger partial charge in [0.15, 0.2) is 0 Å². The van der Waals surface area contributed by atoms with Crippen LogP contribution in [0.4, 0.5) is 0 Å². The van der Waals surface area contributed by atoms with Crippen molar-refractivity contribution in [3.05, 3.63) is 85.1 Å². The second-order valence-electron chi connectivity index (χ2n) is 12.3. The van der Waals surface area contributed by atoms with Gasteiger partial charge in [0.2, 0.25) is 11.8 Å². The van der Waals surface area contributed by atoms with Crippen LogP contribution in [0, 0.1) is 34.6 Å². The van der Waals surface area contributed by atoms with Crippen LogP contribution >= 0.6 is 12.4 Å². The monoisotopic (exact) mass is 670 g/mol. The van der Waals surface area contributed by atoms with Crippen molar-refractivity contribution in [1.82, 2.24) is 20.6 Å². The molecule has 47 heavy (non-hydrogen) atoms. The highest BCUT2D eigenvalue weighted by Crippen LogP contribution is 2.23. The zero-order chi connectivity index (χ0) is 34.0.